The van der Waals surface area contributed by atoms with Crippen molar-refractivity contribution in [1.82, 2.24) is 9.78 Å². The number of rotatable bonds is 3. The number of hydrogen-bond acceptors (Lipinski definition) is 3. The lowest BCUT2D eigenvalue weighted by atomic mass is 10.1. The van der Waals surface area contributed by atoms with E-state index in [1.165, 1.54) is 12.8 Å². The number of nitrogens with zero attached hydrogens (tertiary/aromatic N) is 3. The maximum Gasteiger partial charge on any atom is 0.228 e. The number of aryl methyl sites for hydroxylation is 1. The number of aromatic nitrogens is 2. The maximum atomic E-state index is 11.9. The zero-order valence-corrected chi connectivity index (χ0v) is 10.1. The van der Waals surface area contributed by atoms with Gasteiger partial charge in [0.05, 0.1) is 5.69 Å². The van der Waals surface area contributed by atoms with Crippen LogP contribution in [0.5, 0.6) is 0 Å². The van der Waals surface area contributed by atoms with Crippen LogP contribution in [0.1, 0.15) is 30.9 Å². The number of carbonyl (C=O) groups excluding carboxylic acids is 1. The van der Waals surface area contributed by atoms with Crippen molar-refractivity contribution in [2.24, 2.45) is 18.7 Å². The molecule has 2 fully saturated rings. The molecule has 2 N–H and O–H groups in total. The van der Waals surface area contributed by atoms with Crippen LogP contribution in [0.3, 0.4) is 0 Å². The molecule has 1 amide bonds. The largest absolute Gasteiger partial charge is 0.330 e. The van der Waals surface area contributed by atoms with Crippen LogP contribution in [-0.2, 0) is 11.8 Å². The van der Waals surface area contributed by atoms with Gasteiger partial charge in [0.1, 0.15) is 5.82 Å². The van der Waals surface area contributed by atoms with E-state index in [-0.39, 0.29) is 5.91 Å². The van der Waals surface area contributed by atoms with Crippen molar-refractivity contribution in [3.63, 3.8) is 0 Å². The SMILES string of the molecule is Cn1nc(C2CC2)cc1N1CC(CN)CC1=O. The second-order valence-corrected chi connectivity index (χ2v) is 5.14. The minimum Gasteiger partial charge on any atom is -0.330 e. The Hall–Kier alpha value is -1.36. The van der Waals surface area contributed by atoms with E-state index in [4.69, 9.17) is 5.73 Å². The van der Waals surface area contributed by atoms with Crippen LogP contribution in [0.4, 0.5) is 5.82 Å². The summed E-state index contributed by atoms with van der Waals surface area (Å²) in [5, 5.41) is 4.49. The molecule has 1 saturated carbocycles. The van der Waals surface area contributed by atoms with Gasteiger partial charge in [-0.1, -0.05) is 0 Å². The molecular weight excluding hydrogens is 216 g/mol. The fourth-order valence-corrected chi connectivity index (χ4v) is 2.47. The van der Waals surface area contributed by atoms with Crippen molar-refractivity contribution in [3.05, 3.63) is 11.8 Å². The number of carbonyl (C=O) groups is 1. The van der Waals surface area contributed by atoms with Gasteiger partial charge in [0.2, 0.25) is 5.91 Å². The predicted molar refractivity (Wildman–Crippen MR) is 64.7 cm³/mol. The Labute approximate surface area is 101 Å². The van der Waals surface area contributed by atoms with Gasteiger partial charge in [0.25, 0.3) is 0 Å². The van der Waals surface area contributed by atoms with E-state index in [9.17, 15) is 4.79 Å². The molecule has 1 unspecified atom stereocenters. The third kappa shape index (κ3) is 1.84. The minimum atomic E-state index is 0.172. The molecule has 1 aliphatic carbocycles. The van der Waals surface area contributed by atoms with Crippen LogP contribution in [0.15, 0.2) is 6.07 Å². The summed E-state index contributed by atoms with van der Waals surface area (Å²) in [4.78, 5) is 13.8. The van der Waals surface area contributed by atoms with Crippen molar-refractivity contribution < 1.29 is 4.79 Å². The van der Waals surface area contributed by atoms with E-state index in [1.807, 2.05) is 16.6 Å². The number of nitrogens with two attached hydrogens (primary N) is 1. The molecule has 1 aromatic rings. The van der Waals surface area contributed by atoms with E-state index in [0.717, 1.165) is 18.1 Å². The molecule has 5 heteroatoms. The van der Waals surface area contributed by atoms with E-state index in [2.05, 4.69) is 11.2 Å². The van der Waals surface area contributed by atoms with Gasteiger partial charge in [-0.05, 0) is 25.3 Å². The highest BCUT2D eigenvalue weighted by atomic mass is 16.2. The number of hydrogen-bond donors (Lipinski definition) is 1. The van der Waals surface area contributed by atoms with Gasteiger partial charge in [-0.25, -0.2) is 0 Å². The summed E-state index contributed by atoms with van der Waals surface area (Å²) in [7, 11) is 1.91. The Balaban J connectivity index is 1.85. The average Bonchev–Trinajstić information content (AvgIpc) is 2.99. The van der Waals surface area contributed by atoms with Crippen molar-refractivity contribution in [3.8, 4) is 0 Å². The van der Waals surface area contributed by atoms with E-state index in [0.29, 0.717) is 24.8 Å². The van der Waals surface area contributed by atoms with Gasteiger partial charge < -0.3 is 5.73 Å². The first kappa shape index (κ1) is 10.8. The van der Waals surface area contributed by atoms with Gasteiger partial charge in [0.15, 0.2) is 0 Å². The number of anilines is 1. The standard InChI is InChI=1S/C12H18N4O/c1-15-11(5-10(14-15)9-2-3-9)16-7-8(6-13)4-12(16)17/h5,8-9H,2-4,6-7,13H2,1H3. The second kappa shape index (κ2) is 3.84. The average molecular weight is 234 g/mol. The third-order valence-corrected chi connectivity index (χ3v) is 3.68. The zero-order chi connectivity index (χ0) is 12.0. The fraction of sp³-hybridized carbons (Fsp3) is 0.667. The Morgan fingerprint density at radius 3 is 2.88 bits per heavy atom. The Bertz CT molecular complexity index is 449. The Morgan fingerprint density at radius 2 is 2.29 bits per heavy atom. The van der Waals surface area contributed by atoms with Crippen molar-refractivity contribution in [1.29, 1.82) is 0 Å². The van der Waals surface area contributed by atoms with Crippen molar-refractivity contribution >= 4 is 11.7 Å². The first-order valence-corrected chi connectivity index (χ1v) is 6.23. The highest BCUT2D eigenvalue weighted by Gasteiger charge is 2.33. The first-order chi connectivity index (χ1) is 8.19. The molecule has 17 heavy (non-hydrogen) atoms. The molecule has 92 valence electrons. The predicted octanol–water partition coefficient (Wildman–Crippen LogP) is 0.609. The van der Waals surface area contributed by atoms with Crippen LogP contribution in [0.2, 0.25) is 0 Å². The molecule has 1 aliphatic heterocycles. The van der Waals surface area contributed by atoms with Crippen LogP contribution >= 0.6 is 0 Å². The monoisotopic (exact) mass is 234 g/mol. The van der Waals surface area contributed by atoms with Crippen LogP contribution in [0, 0.1) is 5.92 Å². The molecule has 1 atom stereocenters. The summed E-state index contributed by atoms with van der Waals surface area (Å²) in [6, 6.07) is 2.06. The Morgan fingerprint density at radius 1 is 1.53 bits per heavy atom. The zero-order valence-electron chi connectivity index (χ0n) is 10.1. The maximum absolute atomic E-state index is 11.9. The lowest BCUT2D eigenvalue weighted by Crippen LogP contribution is -2.27. The van der Waals surface area contributed by atoms with E-state index < -0.39 is 0 Å². The van der Waals surface area contributed by atoms with Gasteiger partial charge in [-0.2, -0.15) is 5.10 Å². The quantitative estimate of drug-likeness (QED) is 0.833. The van der Waals surface area contributed by atoms with Crippen molar-refractivity contribution in [2.45, 2.75) is 25.2 Å². The van der Waals surface area contributed by atoms with Gasteiger partial charge >= 0.3 is 0 Å². The number of amides is 1. The lowest BCUT2D eigenvalue weighted by molar-refractivity contribution is -0.117. The second-order valence-electron chi connectivity index (χ2n) is 5.14. The van der Waals surface area contributed by atoms with Gasteiger partial charge in [-0.15, -0.1) is 0 Å². The molecule has 2 aliphatic rings. The first-order valence-electron chi connectivity index (χ1n) is 6.23. The topological polar surface area (TPSA) is 64.2 Å². The Kier molecular flexibility index (Phi) is 2.43. The molecule has 2 heterocycles. The minimum absolute atomic E-state index is 0.172. The summed E-state index contributed by atoms with van der Waals surface area (Å²) in [5.74, 6) is 2.01. The highest BCUT2D eigenvalue weighted by molar-refractivity contribution is 5.95. The van der Waals surface area contributed by atoms with Crippen molar-refractivity contribution in [2.75, 3.05) is 18.0 Å². The molecule has 0 bridgehead atoms. The summed E-state index contributed by atoms with van der Waals surface area (Å²) in [6.45, 7) is 1.31. The molecule has 3 rings (SSSR count). The molecular formula is C12H18N4O. The third-order valence-electron chi connectivity index (χ3n) is 3.68. The summed E-state index contributed by atoms with van der Waals surface area (Å²) in [5.41, 5.74) is 6.77. The highest BCUT2D eigenvalue weighted by Crippen LogP contribution is 2.40. The lowest BCUT2D eigenvalue weighted by Gasteiger charge is -2.15. The van der Waals surface area contributed by atoms with E-state index in [1.54, 1.807) is 0 Å². The van der Waals surface area contributed by atoms with Gasteiger partial charge in [0, 0.05) is 32.0 Å². The molecule has 0 spiro atoms. The van der Waals surface area contributed by atoms with Crippen LogP contribution < -0.4 is 10.6 Å². The summed E-state index contributed by atoms with van der Waals surface area (Å²) >= 11 is 0. The smallest absolute Gasteiger partial charge is 0.228 e. The molecule has 0 aromatic carbocycles. The molecule has 0 radical (unpaired) electrons. The normalized spacial score (nSPS) is 24.7. The molecule has 1 saturated heterocycles. The van der Waals surface area contributed by atoms with Gasteiger partial charge in [-0.3, -0.25) is 14.4 Å². The summed E-state index contributed by atoms with van der Waals surface area (Å²) in [6.07, 6.45) is 3.03. The van der Waals surface area contributed by atoms with Crippen LogP contribution in [-0.4, -0.2) is 28.8 Å². The van der Waals surface area contributed by atoms with Crippen LogP contribution in [0.25, 0.3) is 0 Å². The molecule has 1 aromatic heterocycles. The summed E-state index contributed by atoms with van der Waals surface area (Å²) < 4.78 is 1.82. The fourth-order valence-electron chi connectivity index (χ4n) is 2.47. The molecule has 5 nitrogen and oxygen atoms in total. The van der Waals surface area contributed by atoms with E-state index >= 15 is 0 Å².